The van der Waals surface area contributed by atoms with Crippen LogP contribution >= 0.6 is 7.82 Å². The number of esters is 2. The Morgan fingerprint density at radius 3 is 0.959 bits per heavy atom. The summed E-state index contributed by atoms with van der Waals surface area (Å²) < 4.78 is 32.4. The van der Waals surface area contributed by atoms with Gasteiger partial charge < -0.3 is 24.6 Å². The first-order valence-corrected chi connectivity index (χ1v) is 21.5. The summed E-state index contributed by atoms with van der Waals surface area (Å²) in [6, 6.07) is 0. The Bertz CT molecular complexity index is 796. The SMILES string of the molecule is CCCCCCCCCCCCCCCCCCC(=O)OC(CO)COP(=O)(O)OCC(CO)OC(=O)CCCCCCCCCCCC. The number of phosphoric acid groups is 1. The van der Waals surface area contributed by atoms with Crippen molar-refractivity contribution in [3.05, 3.63) is 0 Å². The molecule has 0 aromatic rings. The number of phosphoric ester groups is 1. The minimum atomic E-state index is -4.62. The minimum Gasteiger partial charge on any atom is -0.457 e. The van der Waals surface area contributed by atoms with Gasteiger partial charge in [0.25, 0.3) is 0 Å². The van der Waals surface area contributed by atoms with Crippen LogP contribution in [0, 0.1) is 0 Å². The van der Waals surface area contributed by atoms with Crippen molar-refractivity contribution >= 4 is 19.8 Å². The minimum absolute atomic E-state index is 0.198. The van der Waals surface area contributed by atoms with Gasteiger partial charge in [-0.15, -0.1) is 0 Å². The molecule has 0 saturated carbocycles. The quantitative estimate of drug-likeness (QED) is 0.0319. The standard InChI is InChI=1S/C38H75O10P/c1-3-5-7-9-11-13-15-16-17-18-19-20-22-24-26-28-30-38(42)48-36(32-40)34-46-49(43,44)45-33-35(31-39)47-37(41)29-27-25-23-21-14-12-10-8-6-4-2/h35-36,39-40H,3-34H2,1-2H3,(H,43,44). The lowest BCUT2D eigenvalue weighted by Crippen LogP contribution is -2.28. The molecule has 0 heterocycles. The average molecular weight is 723 g/mol. The maximum atomic E-state index is 12.3. The molecular formula is C38H75O10P. The lowest BCUT2D eigenvalue weighted by atomic mass is 10.0. The van der Waals surface area contributed by atoms with Crippen molar-refractivity contribution < 1.29 is 47.8 Å². The summed E-state index contributed by atoms with van der Waals surface area (Å²) >= 11 is 0. The zero-order valence-electron chi connectivity index (χ0n) is 31.4. The Hall–Kier alpha value is -1.03. The summed E-state index contributed by atoms with van der Waals surface area (Å²) in [5, 5.41) is 19.1. The molecule has 0 aliphatic carbocycles. The van der Waals surface area contributed by atoms with Crippen LogP contribution in [0.4, 0.5) is 0 Å². The summed E-state index contributed by atoms with van der Waals surface area (Å²) in [5.74, 6) is -1.01. The number of carbonyl (C=O) groups excluding carboxylic acids is 2. The van der Waals surface area contributed by atoms with E-state index in [2.05, 4.69) is 13.8 Å². The van der Waals surface area contributed by atoms with Crippen molar-refractivity contribution in [1.29, 1.82) is 0 Å². The first kappa shape index (κ1) is 48.0. The van der Waals surface area contributed by atoms with Gasteiger partial charge in [-0.25, -0.2) is 4.57 Å². The third-order valence-electron chi connectivity index (χ3n) is 8.82. The second kappa shape index (κ2) is 35.4. The fourth-order valence-corrected chi connectivity index (χ4v) is 6.49. The van der Waals surface area contributed by atoms with Crippen LogP contribution in [0.15, 0.2) is 0 Å². The van der Waals surface area contributed by atoms with Crippen LogP contribution in [-0.4, -0.2) is 65.7 Å². The van der Waals surface area contributed by atoms with E-state index >= 15 is 0 Å². The molecule has 0 aliphatic heterocycles. The van der Waals surface area contributed by atoms with E-state index in [1.54, 1.807) is 0 Å². The fraction of sp³-hybridized carbons (Fsp3) is 0.947. The van der Waals surface area contributed by atoms with Crippen molar-refractivity contribution in [2.45, 2.75) is 206 Å². The summed E-state index contributed by atoms with van der Waals surface area (Å²) in [5.41, 5.74) is 0. The number of hydrogen-bond acceptors (Lipinski definition) is 9. The maximum Gasteiger partial charge on any atom is 0.472 e. The number of ether oxygens (including phenoxy) is 2. The molecule has 292 valence electrons. The summed E-state index contributed by atoms with van der Waals surface area (Å²) in [4.78, 5) is 34.3. The number of unbranched alkanes of at least 4 members (excludes halogenated alkanes) is 24. The Morgan fingerprint density at radius 1 is 0.469 bits per heavy atom. The largest absolute Gasteiger partial charge is 0.472 e. The van der Waals surface area contributed by atoms with Crippen LogP contribution in [0.1, 0.15) is 194 Å². The highest BCUT2D eigenvalue weighted by molar-refractivity contribution is 7.47. The average Bonchev–Trinajstić information content (AvgIpc) is 3.09. The van der Waals surface area contributed by atoms with E-state index in [1.807, 2.05) is 0 Å². The van der Waals surface area contributed by atoms with Crippen LogP contribution in [0.25, 0.3) is 0 Å². The first-order valence-electron chi connectivity index (χ1n) is 20.0. The van der Waals surface area contributed by atoms with Crippen molar-refractivity contribution in [3.63, 3.8) is 0 Å². The molecule has 0 saturated heterocycles. The normalized spacial score (nSPS) is 14.0. The van der Waals surface area contributed by atoms with Gasteiger partial charge in [-0.1, -0.05) is 168 Å². The molecule has 0 bridgehead atoms. The third kappa shape index (κ3) is 33.9. The van der Waals surface area contributed by atoms with Crippen molar-refractivity contribution in [1.82, 2.24) is 0 Å². The molecule has 0 radical (unpaired) electrons. The van der Waals surface area contributed by atoms with E-state index < -0.39 is 58.4 Å². The van der Waals surface area contributed by atoms with Gasteiger partial charge in [0.05, 0.1) is 26.4 Å². The van der Waals surface area contributed by atoms with Gasteiger partial charge in [0.1, 0.15) is 12.2 Å². The second-order valence-electron chi connectivity index (χ2n) is 13.6. The van der Waals surface area contributed by atoms with Crippen LogP contribution in [0.2, 0.25) is 0 Å². The van der Waals surface area contributed by atoms with Gasteiger partial charge in [-0.05, 0) is 12.8 Å². The van der Waals surface area contributed by atoms with Gasteiger partial charge >= 0.3 is 19.8 Å². The molecule has 0 rings (SSSR count). The van der Waals surface area contributed by atoms with Crippen molar-refractivity contribution in [2.24, 2.45) is 0 Å². The van der Waals surface area contributed by atoms with E-state index in [0.29, 0.717) is 12.8 Å². The van der Waals surface area contributed by atoms with Gasteiger partial charge in [0, 0.05) is 12.8 Å². The van der Waals surface area contributed by atoms with E-state index in [0.717, 1.165) is 38.5 Å². The number of aliphatic hydroxyl groups excluding tert-OH is 2. The molecule has 0 spiro atoms. The highest BCUT2D eigenvalue weighted by Crippen LogP contribution is 2.43. The van der Waals surface area contributed by atoms with E-state index in [4.69, 9.17) is 18.5 Å². The highest BCUT2D eigenvalue weighted by Gasteiger charge is 2.27. The maximum absolute atomic E-state index is 12.3. The number of rotatable bonds is 38. The monoisotopic (exact) mass is 723 g/mol. The molecule has 0 fully saturated rings. The second-order valence-corrected chi connectivity index (χ2v) is 15.1. The summed E-state index contributed by atoms with van der Waals surface area (Å²) in [6.07, 6.45) is 29.4. The zero-order chi connectivity index (χ0) is 36.3. The van der Waals surface area contributed by atoms with Crippen LogP contribution in [0.3, 0.4) is 0 Å². The molecule has 0 aromatic carbocycles. The Morgan fingerprint density at radius 2 is 0.714 bits per heavy atom. The smallest absolute Gasteiger partial charge is 0.457 e. The van der Waals surface area contributed by atoms with Gasteiger partial charge in [0.15, 0.2) is 0 Å². The lowest BCUT2D eigenvalue weighted by molar-refractivity contribution is -0.153. The molecule has 3 unspecified atom stereocenters. The number of carbonyl (C=O) groups is 2. The number of hydrogen-bond donors (Lipinski definition) is 3. The van der Waals surface area contributed by atoms with E-state index in [1.165, 1.54) is 116 Å². The van der Waals surface area contributed by atoms with E-state index in [-0.39, 0.29) is 12.8 Å². The zero-order valence-corrected chi connectivity index (χ0v) is 32.3. The molecule has 49 heavy (non-hydrogen) atoms. The van der Waals surface area contributed by atoms with Crippen LogP contribution in [-0.2, 0) is 32.7 Å². The topological polar surface area (TPSA) is 149 Å². The third-order valence-corrected chi connectivity index (χ3v) is 9.77. The van der Waals surface area contributed by atoms with Gasteiger partial charge in [-0.2, -0.15) is 0 Å². The lowest BCUT2D eigenvalue weighted by Gasteiger charge is -2.20. The van der Waals surface area contributed by atoms with Crippen LogP contribution < -0.4 is 0 Å². The van der Waals surface area contributed by atoms with Gasteiger partial charge in [-0.3, -0.25) is 18.6 Å². The van der Waals surface area contributed by atoms with Crippen molar-refractivity contribution in [2.75, 3.05) is 26.4 Å². The predicted molar refractivity (Wildman–Crippen MR) is 196 cm³/mol. The summed E-state index contributed by atoms with van der Waals surface area (Å²) in [7, 11) is -4.62. The fourth-order valence-electron chi connectivity index (χ4n) is 5.70. The number of aliphatic hydroxyl groups is 2. The molecule has 11 heteroatoms. The molecule has 3 atom stereocenters. The molecular weight excluding hydrogens is 647 g/mol. The Labute approximate surface area is 299 Å². The Kier molecular flexibility index (Phi) is 34.6. The van der Waals surface area contributed by atoms with Crippen molar-refractivity contribution in [3.8, 4) is 0 Å². The van der Waals surface area contributed by atoms with E-state index in [9.17, 15) is 29.3 Å². The first-order chi connectivity index (χ1) is 23.8. The molecule has 3 N–H and O–H groups in total. The predicted octanol–water partition coefficient (Wildman–Crippen LogP) is 9.89. The molecule has 0 aromatic heterocycles. The van der Waals surface area contributed by atoms with Crippen LogP contribution in [0.5, 0.6) is 0 Å². The molecule has 10 nitrogen and oxygen atoms in total. The molecule has 0 aliphatic rings. The Balaban J connectivity index is 3.91. The highest BCUT2D eigenvalue weighted by atomic mass is 31.2. The van der Waals surface area contributed by atoms with Gasteiger partial charge in [0.2, 0.25) is 0 Å². The summed E-state index contributed by atoms with van der Waals surface area (Å²) in [6.45, 7) is 2.21. The molecule has 0 amide bonds.